The van der Waals surface area contributed by atoms with Gasteiger partial charge in [-0.05, 0) is 18.6 Å². The van der Waals surface area contributed by atoms with Crippen LogP contribution in [0.2, 0.25) is 0 Å². The van der Waals surface area contributed by atoms with Crippen molar-refractivity contribution in [3.8, 4) is 0 Å². The average Bonchev–Trinajstić information content (AvgIpc) is 3.15. The van der Waals surface area contributed by atoms with Gasteiger partial charge in [-0.2, -0.15) is 5.10 Å². The zero-order chi connectivity index (χ0) is 16.8. The van der Waals surface area contributed by atoms with E-state index in [9.17, 15) is 4.79 Å². The molecule has 0 spiro atoms. The largest absolute Gasteiger partial charge is 0.373 e. The first-order valence-corrected chi connectivity index (χ1v) is 8.13. The SMILES string of the molecule is CNc1cccc([C@H]2CN(C(=O)CCCn3cncn3)CCO2)n1. The summed E-state index contributed by atoms with van der Waals surface area (Å²) in [6.07, 6.45) is 4.23. The Balaban J connectivity index is 1.53. The van der Waals surface area contributed by atoms with Gasteiger partial charge in [-0.1, -0.05) is 6.07 Å². The summed E-state index contributed by atoms with van der Waals surface area (Å²) in [4.78, 5) is 22.7. The van der Waals surface area contributed by atoms with Crippen LogP contribution in [0.25, 0.3) is 0 Å². The number of nitrogens with zero attached hydrogens (tertiary/aromatic N) is 5. The van der Waals surface area contributed by atoms with Gasteiger partial charge in [0.05, 0.1) is 18.8 Å². The summed E-state index contributed by atoms with van der Waals surface area (Å²) in [5.41, 5.74) is 0.849. The van der Waals surface area contributed by atoms with Crippen molar-refractivity contribution < 1.29 is 9.53 Å². The second kappa shape index (κ2) is 7.87. The molecule has 0 unspecified atom stereocenters. The fraction of sp³-hybridized carbons (Fsp3) is 0.500. The van der Waals surface area contributed by atoms with Gasteiger partial charge < -0.3 is 15.0 Å². The smallest absolute Gasteiger partial charge is 0.222 e. The first kappa shape index (κ1) is 16.4. The molecule has 8 nitrogen and oxygen atoms in total. The van der Waals surface area contributed by atoms with E-state index in [-0.39, 0.29) is 12.0 Å². The van der Waals surface area contributed by atoms with Gasteiger partial charge in [0.25, 0.3) is 0 Å². The molecule has 128 valence electrons. The molecule has 0 aromatic carbocycles. The Hall–Kier alpha value is -2.48. The molecule has 3 rings (SSSR count). The predicted octanol–water partition coefficient (Wildman–Crippen LogP) is 1.10. The Morgan fingerprint density at radius 2 is 2.38 bits per heavy atom. The molecule has 3 heterocycles. The number of amides is 1. The van der Waals surface area contributed by atoms with Crippen molar-refractivity contribution in [1.82, 2.24) is 24.6 Å². The number of carbonyl (C=O) groups excluding carboxylic acids is 1. The van der Waals surface area contributed by atoms with Crippen molar-refractivity contribution in [3.63, 3.8) is 0 Å². The van der Waals surface area contributed by atoms with Crippen LogP contribution >= 0.6 is 0 Å². The Morgan fingerprint density at radius 1 is 1.46 bits per heavy atom. The minimum atomic E-state index is -0.175. The van der Waals surface area contributed by atoms with Crippen molar-refractivity contribution in [2.24, 2.45) is 0 Å². The monoisotopic (exact) mass is 330 g/mol. The number of hydrogen-bond acceptors (Lipinski definition) is 6. The normalized spacial score (nSPS) is 17.7. The minimum Gasteiger partial charge on any atom is -0.373 e. The van der Waals surface area contributed by atoms with Gasteiger partial charge in [0.1, 0.15) is 24.6 Å². The lowest BCUT2D eigenvalue weighted by Crippen LogP contribution is -2.42. The Kier molecular flexibility index (Phi) is 5.37. The molecule has 0 saturated carbocycles. The molecule has 2 aromatic rings. The summed E-state index contributed by atoms with van der Waals surface area (Å²) in [5, 5.41) is 7.06. The highest BCUT2D eigenvalue weighted by molar-refractivity contribution is 5.76. The third kappa shape index (κ3) is 4.08. The summed E-state index contributed by atoms with van der Waals surface area (Å²) in [6.45, 7) is 2.41. The fourth-order valence-corrected chi connectivity index (χ4v) is 2.72. The molecule has 0 radical (unpaired) electrons. The third-order valence-corrected chi connectivity index (χ3v) is 4.02. The number of nitrogens with one attached hydrogen (secondary N) is 1. The Morgan fingerprint density at radius 3 is 3.17 bits per heavy atom. The van der Waals surface area contributed by atoms with E-state index in [4.69, 9.17) is 4.74 Å². The fourth-order valence-electron chi connectivity index (χ4n) is 2.72. The van der Waals surface area contributed by atoms with E-state index in [2.05, 4.69) is 20.4 Å². The number of carbonyl (C=O) groups is 1. The second-order valence-electron chi connectivity index (χ2n) is 5.66. The van der Waals surface area contributed by atoms with Crippen LogP contribution in [0.15, 0.2) is 30.9 Å². The third-order valence-electron chi connectivity index (χ3n) is 4.02. The molecule has 1 aliphatic heterocycles. The summed E-state index contributed by atoms with van der Waals surface area (Å²) in [6, 6.07) is 5.78. The maximum absolute atomic E-state index is 12.4. The number of morpholine rings is 1. The van der Waals surface area contributed by atoms with Crippen molar-refractivity contribution in [1.29, 1.82) is 0 Å². The molecular formula is C16H22N6O2. The Bertz CT molecular complexity index is 660. The molecule has 8 heteroatoms. The van der Waals surface area contributed by atoms with Crippen LogP contribution in [0.4, 0.5) is 5.82 Å². The molecule has 1 aliphatic rings. The molecule has 1 amide bonds. The standard InChI is InChI=1S/C16H22N6O2/c1-17-15-5-2-4-13(20-15)14-10-21(8-9-24-14)16(23)6-3-7-22-12-18-11-19-22/h2,4-5,11-12,14H,3,6-10H2,1H3,(H,17,20)/t14-/m1/s1. The highest BCUT2D eigenvalue weighted by Crippen LogP contribution is 2.22. The Labute approximate surface area is 140 Å². The summed E-state index contributed by atoms with van der Waals surface area (Å²) in [5.74, 6) is 0.945. The van der Waals surface area contributed by atoms with E-state index in [0.717, 1.165) is 17.9 Å². The number of anilines is 1. The quantitative estimate of drug-likeness (QED) is 0.853. The maximum Gasteiger partial charge on any atom is 0.222 e. The van der Waals surface area contributed by atoms with Crippen LogP contribution < -0.4 is 5.32 Å². The number of rotatable bonds is 6. The first-order valence-electron chi connectivity index (χ1n) is 8.13. The maximum atomic E-state index is 12.4. The minimum absolute atomic E-state index is 0.146. The number of ether oxygens (including phenoxy) is 1. The molecule has 0 aliphatic carbocycles. The predicted molar refractivity (Wildman–Crippen MR) is 88.3 cm³/mol. The average molecular weight is 330 g/mol. The van der Waals surface area contributed by atoms with Crippen LogP contribution in [0.1, 0.15) is 24.6 Å². The van der Waals surface area contributed by atoms with E-state index in [0.29, 0.717) is 32.7 Å². The van der Waals surface area contributed by atoms with Crippen LogP contribution in [0, 0.1) is 0 Å². The van der Waals surface area contributed by atoms with Crippen molar-refractivity contribution in [2.45, 2.75) is 25.5 Å². The van der Waals surface area contributed by atoms with Crippen LogP contribution in [0.3, 0.4) is 0 Å². The van der Waals surface area contributed by atoms with Crippen molar-refractivity contribution in [3.05, 3.63) is 36.5 Å². The van der Waals surface area contributed by atoms with E-state index >= 15 is 0 Å². The van der Waals surface area contributed by atoms with Gasteiger partial charge in [0.2, 0.25) is 5.91 Å². The molecule has 1 atom stereocenters. The van der Waals surface area contributed by atoms with Crippen molar-refractivity contribution >= 4 is 11.7 Å². The number of aromatic nitrogens is 4. The summed E-state index contributed by atoms with van der Waals surface area (Å²) >= 11 is 0. The molecule has 1 N–H and O–H groups in total. The van der Waals surface area contributed by atoms with Gasteiger partial charge >= 0.3 is 0 Å². The van der Waals surface area contributed by atoms with Gasteiger partial charge in [-0.3, -0.25) is 9.48 Å². The van der Waals surface area contributed by atoms with E-state index < -0.39 is 0 Å². The van der Waals surface area contributed by atoms with E-state index in [1.54, 1.807) is 11.0 Å². The number of pyridine rings is 1. The van der Waals surface area contributed by atoms with Crippen molar-refractivity contribution in [2.75, 3.05) is 32.1 Å². The molecule has 1 saturated heterocycles. The van der Waals surface area contributed by atoms with Gasteiger partial charge in [0.15, 0.2) is 0 Å². The molecule has 2 aromatic heterocycles. The van der Waals surface area contributed by atoms with Gasteiger partial charge in [-0.25, -0.2) is 9.97 Å². The highest BCUT2D eigenvalue weighted by Gasteiger charge is 2.26. The topological polar surface area (TPSA) is 85.2 Å². The molecular weight excluding hydrogens is 308 g/mol. The van der Waals surface area contributed by atoms with Crippen LogP contribution in [-0.4, -0.2) is 57.3 Å². The summed E-state index contributed by atoms with van der Waals surface area (Å²) < 4.78 is 7.54. The first-order chi connectivity index (χ1) is 11.8. The lowest BCUT2D eigenvalue weighted by molar-refractivity contribution is -0.139. The number of aryl methyl sites for hydroxylation is 1. The lowest BCUT2D eigenvalue weighted by Gasteiger charge is -2.33. The highest BCUT2D eigenvalue weighted by atomic mass is 16.5. The second-order valence-corrected chi connectivity index (χ2v) is 5.66. The van der Waals surface area contributed by atoms with E-state index in [1.807, 2.05) is 30.1 Å². The van der Waals surface area contributed by atoms with Crippen LogP contribution in [0.5, 0.6) is 0 Å². The van der Waals surface area contributed by atoms with E-state index in [1.165, 1.54) is 6.33 Å². The lowest BCUT2D eigenvalue weighted by atomic mass is 10.1. The van der Waals surface area contributed by atoms with Gasteiger partial charge in [0, 0.05) is 26.6 Å². The van der Waals surface area contributed by atoms with Gasteiger partial charge in [-0.15, -0.1) is 0 Å². The molecule has 24 heavy (non-hydrogen) atoms. The van der Waals surface area contributed by atoms with Crippen LogP contribution in [-0.2, 0) is 16.1 Å². The zero-order valence-electron chi connectivity index (χ0n) is 13.8. The zero-order valence-corrected chi connectivity index (χ0v) is 13.8. The molecule has 1 fully saturated rings. The molecule has 0 bridgehead atoms. The number of hydrogen-bond donors (Lipinski definition) is 1. The summed E-state index contributed by atoms with van der Waals surface area (Å²) in [7, 11) is 1.83.